The van der Waals surface area contributed by atoms with E-state index in [4.69, 9.17) is 5.73 Å². The summed E-state index contributed by atoms with van der Waals surface area (Å²) < 4.78 is 0. The van der Waals surface area contributed by atoms with E-state index in [0.29, 0.717) is 5.95 Å². The lowest BCUT2D eigenvalue weighted by molar-refractivity contribution is 0.0350. The van der Waals surface area contributed by atoms with Crippen LogP contribution < -0.4 is 10.6 Å². The molecule has 0 bridgehead atoms. The molecule has 0 unspecified atom stereocenters. The summed E-state index contributed by atoms with van der Waals surface area (Å²) in [7, 11) is 0. The second-order valence-electron chi connectivity index (χ2n) is 4.26. The van der Waals surface area contributed by atoms with Crippen LogP contribution in [-0.2, 0) is 0 Å². The largest absolute Gasteiger partial charge is 0.390 e. The van der Waals surface area contributed by atoms with Crippen molar-refractivity contribution >= 4 is 11.8 Å². The number of nitrogens with two attached hydrogens (primary N) is 1. The Bertz CT molecular complexity index is 343. The fraction of sp³-hybridized carbons (Fsp3) is 0.600. The maximum absolute atomic E-state index is 9.81. The van der Waals surface area contributed by atoms with Gasteiger partial charge < -0.3 is 15.7 Å². The molecule has 5 heteroatoms. The van der Waals surface area contributed by atoms with Gasteiger partial charge in [-0.1, -0.05) is 0 Å². The molecule has 82 valence electrons. The van der Waals surface area contributed by atoms with Gasteiger partial charge in [0.25, 0.3) is 0 Å². The molecule has 1 aliphatic rings. The van der Waals surface area contributed by atoms with Crippen molar-refractivity contribution < 1.29 is 5.11 Å². The molecule has 0 aromatic carbocycles. The number of piperidine rings is 1. The predicted octanol–water partition coefficient (Wildman–Crippen LogP) is 0.410. The number of hydrogen-bond acceptors (Lipinski definition) is 5. The highest BCUT2D eigenvalue weighted by Crippen LogP contribution is 2.24. The minimum absolute atomic E-state index is 0.296. The minimum atomic E-state index is -0.533. The first-order valence-corrected chi connectivity index (χ1v) is 5.13. The molecule has 0 saturated carbocycles. The van der Waals surface area contributed by atoms with Crippen LogP contribution in [0.2, 0.25) is 0 Å². The number of anilines is 2. The molecule has 0 atom stereocenters. The average molecular weight is 208 g/mol. The van der Waals surface area contributed by atoms with Crippen molar-refractivity contribution in [3.63, 3.8) is 0 Å². The Morgan fingerprint density at radius 2 is 2.13 bits per heavy atom. The second-order valence-corrected chi connectivity index (χ2v) is 4.26. The van der Waals surface area contributed by atoms with Crippen LogP contribution in [0.15, 0.2) is 12.3 Å². The normalized spacial score (nSPS) is 20.3. The lowest BCUT2D eigenvalue weighted by Gasteiger charge is -2.36. The highest BCUT2D eigenvalue weighted by atomic mass is 16.3. The van der Waals surface area contributed by atoms with Crippen LogP contribution >= 0.6 is 0 Å². The Morgan fingerprint density at radius 1 is 1.47 bits per heavy atom. The Morgan fingerprint density at radius 3 is 2.73 bits per heavy atom. The summed E-state index contributed by atoms with van der Waals surface area (Å²) in [5.41, 5.74) is 4.99. The van der Waals surface area contributed by atoms with Crippen molar-refractivity contribution in [1.29, 1.82) is 0 Å². The van der Waals surface area contributed by atoms with Crippen LogP contribution in [0.25, 0.3) is 0 Å². The van der Waals surface area contributed by atoms with Gasteiger partial charge in [0.1, 0.15) is 5.82 Å². The first-order chi connectivity index (χ1) is 7.07. The van der Waals surface area contributed by atoms with Gasteiger partial charge in [-0.2, -0.15) is 4.98 Å². The number of hydrogen-bond donors (Lipinski definition) is 2. The molecular weight excluding hydrogens is 192 g/mol. The molecule has 0 spiro atoms. The summed E-state index contributed by atoms with van der Waals surface area (Å²) in [6, 6.07) is 1.84. The molecular formula is C10H16N4O. The van der Waals surface area contributed by atoms with E-state index in [-0.39, 0.29) is 0 Å². The number of rotatable bonds is 1. The second kappa shape index (κ2) is 3.66. The molecule has 2 heterocycles. The molecule has 1 fully saturated rings. The van der Waals surface area contributed by atoms with Gasteiger partial charge >= 0.3 is 0 Å². The quantitative estimate of drug-likeness (QED) is 0.699. The Kier molecular flexibility index (Phi) is 2.48. The Balaban J connectivity index is 2.08. The molecule has 2 rings (SSSR count). The van der Waals surface area contributed by atoms with E-state index in [0.717, 1.165) is 31.7 Å². The van der Waals surface area contributed by atoms with Crippen LogP contribution in [0.1, 0.15) is 19.8 Å². The molecule has 0 amide bonds. The molecule has 3 N–H and O–H groups in total. The van der Waals surface area contributed by atoms with Gasteiger partial charge in [-0.3, -0.25) is 0 Å². The molecule has 1 aromatic rings. The van der Waals surface area contributed by atoms with Crippen LogP contribution in [0.3, 0.4) is 0 Å². The summed E-state index contributed by atoms with van der Waals surface area (Å²) >= 11 is 0. The van der Waals surface area contributed by atoms with Gasteiger partial charge in [0.15, 0.2) is 0 Å². The molecule has 5 nitrogen and oxygen atoms in total. The lowest BCUT2D eigenvalue weighted by Crippen LogP contribution is -2.42. The summed E-state index contributed by atoms with van der Waals surface area (Å²) in [6.07, 6.45) is 3.18. The van der Waals surface area contributed by atoms with E-state index in [1.54, 1.807) is 6.20 Å². The van der Waals surface area contributed by atoms with Gasteiger partial charge in [-0.05, 0) is 25.8 Å². The van der Waals surface area contributed by atoms with Crippen LogP contribution in [-0.4, -0.2) is 33.8 Å². The molecule has 1 aliphatic heterocycles. The van der Waals surface area contributed by atoms with Crippen LogP contribution in [0, 0.1) is 0 Å². The van der Waals surface area contributed by atoms with Crippen LogP contribution in [0.4, 0.5) is 11.8 Å². The molecule has 0 radical (unpaired) electrons. The SMILES string of the molecule is CC1(O)CCN(c2ccnc(N)n2)CC1. The minimum Gasteiger partial charge on any atom is -0.390 e. The lowest BCUT2D eigenvalue weighted by atomic mass is 9.94. The predicted molar refractivity (Wildman–Crippen MR) is 58.5 cm³/mol. The number of aromatic nitrogens is 2. The summed E-state index contributed by atoms with van der Waals surface area (Å²) in [6.45, 7) is 3.49. The van der Waals surface area contributed by atoms with Crippen molar-refractivity contribution in [2.45, 2.75) is 25.4 Å². The van der Waals surface area contributed by atoms with E-state index >= 15 is 0 Å². The van der Waals surface area contributed by atoms with Crippen molar-refractivity contribution in [3.8, 4) is 0 Å². The summed E-state index contributed by atoms with van der Waals surface area (Å²) in [5.74, 6) is 1.14. The number of aliphatic hydroxyl groups is 1. The van der Waals surface area contributed by atoms with Gasteiger partial charge in [-0.25, -0.2) is 4.98 Å². The smallest absolute Gasteiger partial charge is 0.221 e. The topological polar surface area (TPSA) is 75.3 Å². The van der Waals surface area contributed by atoms with Crippen molar-refractivity contribution in [2.24, 2.45) is 0 Å². The van der Waals surface area contributed by atoms with Crippen molar-refractivity contribution in [3.05, 3.63) is 12.3 Å². The Labute approximate surface area is 88.9 Å². The van der Waals surface area contributed by atoms with Crippen molar-refractivity contribution in [1.82, 2.24) is 9.97 Å². The van der Waals surface area contributed by atoms with E-state index in [9.17, 15) is 5.11 Å². The van der Waals surface area contributed by atoms with E-state index in [1.807, 2.05) is 13.0 Å². The average Bonchev–Trinajstić information content (AvgIpc) is 2.17. The van der Waals surface area contributed by atoms with E-state index in [2.05, 4.69) is 14.9 Å². The molecule has 0 aliphatic carbocycles. The standard InChI is InChI=1S/C10H16N4O/c1-10(15)3-6-14(7-4-10)8-2-5-12-9(11)13-8/h2,5,15H,3-4,6-7H2,1H3,(H2,11,12,13). The van der Waals surface area contributed by atoms with Crippen LogP contribution in [0.5, 0.6) is 0 Å². The third-order valence-electron chi connectivity index (χ3n) is 2.82. The summed E-state index contributed by atoms with van der Waals surface area (Å²) in [5, 5.41) is 9.81. The maximum atomic E-state index is 9.81. The fourth-order valence-electron chi connectivity index (χ4n) is 1.76. The third-order valence-corrected chi connectivity index (χ3v) is 2.82. The zero-order valence-corrected chi connectivity index (χ0v) is 8.85. The molecule has 1 aromatic heterocycles. The first-order valence-electron chi connectivity index (χ1n) is 5.13. The zero-order chi connectivity index (χ0) is 10.9. The highest BCUT2D eigenvalue weighted by Gasteiger charge is 2.27. The number of nitrogen functional groups attached to an aromatic ring is 1. The molecule has 1 saturated heterocycles. The monoisotopic (exact) mass is 208 g/mol. The highest BCUT2D eigenvalue weighted by molar-refractivity contribution is 5.41. The van der Waals surface area contributed by atoms with Gasteiger partial charge in [0.2, 0.25) is 5.95 Å². The molecule has 15 heavy (non-hydrogen) atoms. The van der Waals surface area contributed by atoms with E-state index in [1.165, 1.54) is 0 Å². The van der Waals surface area contributed by atoms with Gasteiger partial charge in [-0.15, -0.1) is 0 Å². The number of nitrogens with zero attached hydrogens (tertiary/aromatic N) is 3. The maximum Gasteiger partial charge on any atom is 0.221 e. The van der Waals surface area contributed by atoms with Crippen molar-refractivity contribution in [2.75, 3.05) is 23.7 Å². The van der Waals surface area contributed by atoms with Gasteiger partial charge in [0, 0.05) is 19.3 Å². The summed E-state index contributed by atoms with van der Waals surface area (Å²) in [4.78, 5) is 10.1. The van der Waals surface area contributed by atoms with E-state index < -0.39 is 5.60 Å². The van der Waals surface area contributed by atoms with Gasteiger partial charge in [0.05, 0.1) is 5.60 Å². The third kappa shape index (κ3) is 2.36. The Hall–Kier alpha value is -1.36. The zero-order valence-electron chi connectivity index (χ0n) is 8.85. The fourth-order valence-corrected chi connectivity index (χ4v) is 1.76. The first kappa shape index (κ1) is 10.2.